The molecule has 4 aliphatic rings. The molecule has 0 aromatic heterocycles. The van der Waals surface area contributed by atoms with Crippen LogP contribution in [0.4, 0.5) is 8.78 Å². The zero-order valence-corrected chi connectivity index (χ0v) is 20.5. The highest BCUT2D eigenvalue weighted by Crippen LogP contribution is 2.63. The number of esters is 2. The van der Waals surface area contributed by atoms with Crippen LogP contribution in [0.25, 0.3) is 0 Å². The Morgan fingerprint density at radius 1 is 1.06 bits per heavy atom. The molecule has 4 saturated carbocycles. The molecule has 13 heteroatoms. The molecule has 1 aromatic rings. The van der Waals surface area contributed by atoms with Crippen molar-refractivity contribution in [1.29, 1.82) is 0 Å². The van der Waals surface area contributed by atoms with Crippen molar-refractivity contribution < 1.29 is 40.8 Å². The predicted molar refractivity (Wildman–Crippen MR) is 128 cm³/mol. The van der Waals surface area contributed by atoms with Crippen molar-refractivity contribution in [2.24, 2.45) is 17.3 Å². The third-order valence-electron chi connectivity index (χ3n) is 7.78. The predicted octanol–water partition coefficient (Wildman–Crippen LogP) is 2.21. The molecule has 4 aliphatic carbocycles. The second-order valence-electron chi connectivity index (χ2n) is 10.4. The molecule has 4 fully saturated rings. The minimum Gasteiger partial charge on any atom is -0.458 e. The lowest BCUT2D eigenvalue weighted by molar-refractivity contribution is -0.200. The number of halogens is 2. The van der Waals surface area contributed by atoms with Gasteiger partial charge in [-0.25, -0.2) is 4.79 Å². The van der Waals surface area contributed by atoms with Crippen LogP contribution >= 0.6 is 0 Å². The van der Waals surface area contributed by atoms with E-state index in [-0.39, 0.29) is 42.8 Å². The number of carbonyl (C=O) groups excluding carboxylic acids is 2. The van der Waals surface area contributed by atoms with Crippen LogP contribution in [0.2, 0.25) is 0 Å². The molecule has 6 radical (unpaired) electrons. The van der Waals surface area contributed by atoms with Gasteiger partial charge in [0.25, 0.3) is 0 Å². The van der Waals surface area contributed by atoms with E-state index in [2.05, 4.69) is 0 Å². The number of alkyl halides is 2. The van der Waals surface area contributed by atoms with E-state index < -0.39 is 44.9 Å². The van der Waals surface area contributed by atoms with E-state index in [1.54, 1.807) is 12.1 Å². The van der Waals surface area contributed by atoms with Gasteiger partial charge in [0.2, 0.25) is 0 Å². The van der Waals surface area contributed by atoms with E-state index >= 15 is 0 Å². The first kappa shape index (κ1) is 27.2. The summed E-state index contributed by atoms with van der Waals surface area (Å²) in [5.74, 6) is -1.57. The van der Waals surface area contributed by atoms with Crippen molar-refractivity contribution >= 4 is 45.6 Å². The highest BCUT2D eigenvalue weighted by Gasteiger charge is 2.63. The van der Waals surface area contributed by atoms with Crippen molar-refractivity contribution in [1.82, 2.24) is 0 Å². The number of carbonyl (C=O) groups is 2. The van der Waals surface area contributed by atoms with Crippen molar-refractivity contribution in [3.8, 4) is 0 Å². The molecule has 0 heterocycles. The van der Waals surface area contributed by atoms with Crippen LogP contribution in [0.5, 0.6) is 0 Å². The Morgan fingerprint density at radius 3 is 2.22 bits per heavy atom. The highest BCUT2D eigenvalue weighted by atomic mass is 32.2. The summed E-state index contributed by atoms with van der Waals surface area (Å²) >= 11 is 0. The number of hydrogen-bond acceptors (Lipinski definition) is 6. The second-order valence-corrected chi connectivity index (χ2v) is 11.9. The van der Waals surface area contributed by atoms with Crippen molar-refractivity contribution in [2.45, 2.75) is 68.3 Å². The summed E-state index contributed by atoms with van der Waals surface area (Å²) < 4.78 is 68.7. The highest BCUT2D eigenvalue weighted by molar-refractivity contribution is 7.86. The molecule has 7 nitrogen and oxygen atoms in total. The minimum absolute atomic E-state index is 0.0117. The Hall–Kier alpha value is -1.88. The molecule has 36 heavy (non-hydrogen) atoms. The SMILES string of the molecule is [B]Cc1cc(C[B])c(C[B])c(C(=O)OC23CC4CC(C2)CC(C(=O)OCC(F)(F)S(=O)(=O)O)(C4)C3)c1. The van der Waals surface area contributed by atoms with Crippen LogP contribution in [0.3, 0.4) is 0 Å². The lowest BCUT2D eigenvalue weighted by Crippen LogP contribution is -2.60. The van der Waals surface area contributed by atoms with Gasteiger partial charge in [-0.2, -0.15) is 17.2 Å². The van der Waals surface area contributed by atoms with Crippen molar-refractivity contribution in [3.05, 3.63) is 34.4 Å². The Balaban J connectivity index is 1.59. The number of rotatable bonds is 9. The molecule has 2 atom stereocenters. The summed E-state index contributed by atoms with van der Waals surface area (Å²) in [5, 5.41) is -4.62. The summed E-state index contributed by atoms with van der Waals surface area (Å²) in [6.45, 7) is -1.79. The minimum atomic E-state index is -5.74. The summed E-state index contributed by atoms with van der Waals surface area (Å²) in [4.78, 5) is 26.4. The molecule has 1 aromatic carbocycles. The normalized spacial score (nSPS) is 29.2. The molecule has 5 rings (SSSR count). The molecule has 0 spiro atoms. The fourth-order valence-electron chi connectivity index (χ4n) is 6.69. The Kier molecular flexibility index (Phi) is 7.14. The molecule has 2 unspecified atom stereocenters. The van der Waals surface area contributed by atoms with Gasteiger partial charge in [0.15, 0.2) is 6.61 Å². The van der Waals surface area contributed by atoms with Crippen molar-refractivity contribution in [2.75, 3.05) is 6.61 Å². The van der Waals surface area contributed by atoms with Gasteiger partial charge in [0, 0.05) is 6.42 Å². The largest absolute Gasteiger partial charge is 0.458 e. The van der Waals surface area contributed by atoms with Crippen LogP contribution in [0.15, 0.2) is 12.1 Å². The number of ether oxygens (including phenoxy) is 2. The van der Waals surface area contributed by atoms with E-state index in [4.69, 9.17) is 37.6 Å². The molecule has 0 saturated heterocycles. The summed E-state index contributed by atoms with van der Waals surface area (Å²) in [7, 11) is 11.8. The van der Waals surface area contributed by atoms with Gasteiger partial charge in [-0.05, 0) is 55.6 Å². The van der Waals surface area contributed by atoms with Gasteiger partial charge in [0.1, 0.15) is 5.60 Å². The third kappa shape index (κ3) is 4.85. The average Bonchev–Trinajstić information content (AvgIpc) is 2.79. The van der Waals surface area contributed by atoms with Gasteiger partial charge >= 0.3 is 27.3 Å². The van der Waals surface area contributed by atoms with Crippen molar-refractivity contribution in [3.63, 3.8) is 0 Å². The molecular formula is C23H25B3F2O7S. The Morgan fingerprint density at radius 2 is 1.69 bits per heavy atom. The number of hydrogen-bond donors (Lipinski definition) is 1. The monoisotopic (exact) mass is 516 g/mol. The average molecular weight is 516 g/mol. The molecule has 188 valence electrons. The first-order valence-electron chi connectivity index (χ1n) is 11.8. The summed E-state index contributed by atoms with van der Waals surface area (Å²) in [6.07, 6.45) is 3.04. The maximum atomic E-state index is 13.7. The van der Waals surface area contributed by atoms with Crippen LogP contribution in [-0.2, 0) is 43.3 Å². The molecule has 0 amide bonds. The first-order valence-corrected chi connectivity index (χ1v) is 13.2. The van der Waals surface area contributed by atoms with E-state index in [0.717, 1.165) is 6.42 Å². The van der Waals surface area contributed by atoms with Gasteiger partial charge in [0.05, 0.1) is 34.5 Å². The molecular weight excluding hydrogens is 491 g/mol. The zero-order chi connectivity index (χ0) is 26.5. The third-order valence-corrected chi connectivity index (χ3v) is 8.65. The quantitative estimate of drug-likeness (QED) is 0.305. The van der Waals surface area contributed by atoms with Crippen LogP contribution < -0.4 is 0 Å². The maximum Gasteiger partial charge on any atom is 0.402 e. The fourth-order valence-corrected chi connectivity index (χ4v) is 6.89. The van der Waals surface area contributed by atoms with Gasteiger partial charge < -0.3 is 9.47 Å². The zero-order valence-electron chi connectivity index (χ0n) is 19.7. The summed E-state index contributed by atoms with van der Waals surface area (Å²) in [5.41, 5.74) is -0.0217. The standard InChI is InChI=1S/C23H25B3F2O7S/c24-8-13-2-16(9-25)18(10-26)17(3-13)19(29)35-22-6-14-1-15(7-22)5-21(4-14,11-22)20(30)34-12-23(27,28)36(31,32)33/h2-3,14-15H,1,4-12H2,(H,31,32,33). The number of benzene rings is 1. The maximum absolute atomic E-state index is 13.7. The fraction of sp³-hybridized carbons (Fsp3) is 0.652. The van der Waals surface area contributed by atoms with E-state index in [1.807, 2.05) is 0 Å². The van der Waals surface area contributed by atoms with Crippen LogP contribution in [0, 0.1) is 17.3 Å². The topological polar surface area (TPSA) is 107 Å². The lowest BCUT2D eigenvalue weighted by atomic mass is 9.48. The van der Waals surface area contributed by atoms with Gasteiger partial charge in [-0.15, -0.1) is 0 Å². The smallest absolute Gasteiger partial charge is 0.402 e. The molecule has 0 aliphatic heterocycles. The van der Waals surface area contributed by atoms with Crippen LogP contribution in [0.1, 0.15) is 65.6 Å². The Bertz CT molecular complexity index is 1160. The van der Waals surface area contributed by atoms with Gasteiger partial charge in [-0.1, -0.05) is 36.2 Å². The van der Waals surface area contributed by atoms with E-state index in [9.17, 15) is 26.8 Å². The van der Waals surface area contributed by atoms with E-state index in [0.29, 0.717) is 42.4 Å². The molecule has 1 N–H and O–H groups in total. The Labute approximate surface area is 213 Å². The van der Waals surface area contributed by atoms with E-state index in [1.165, 1.54) is 0 Å². The second kappa shape index (κ2) is 9.46. The first-order chi connectivity index (χ1) is 16.8. The van der Waals surface area contributed by atoms with Gasteiger partial charge in [-0.3, -0.25) is 9.35 Å². The lowest BCUT2D eigenvalue weighted by Gasteiger charge is -2.59. The van der Waals surface area contributed by atoms with Crippen LogP contribution in [-0.4, -0.2) is 65.9 Å². The summed E-state index contributed by atoms with van der Waals surface area (Å²) in [6, 6.07) is 3.41. The molecule has 4 bridgehead atoms.